The predicted molar refractivity (Wildman–Crippen MR) is 49.7 cm³/mol. The lowest BCUT2D eigenvalue weighted by atomic mass is 9.48. The van der Waals surface area contributed by atoms with Gasteiger partial charge in [-0.2, -0.15) is 0 Å². The molecule has 1 nitrogen and oxygen atoms in total. The van der Waals surface area contributed by atoms with Crippen LogP contribution in [0.25, 0.3) is 0 Å². The minimum absolute atomic E-state index is 0.241. The van der Waals surface area contributed by atoms with Crippen molar-refractivity contribution in [3.63, 3.8) is 0 Å². The highest BCUT2D eigenvalue weighted by Gasteiger charge is 2.86. The highest BCUT2D eigenvalue weighted by atomic mass is 15.0. The van der Waals surface area contributed by atoms with Gasteiger partial charge in [-0.1, -0.05) is 20.8 Å². The fraction of sp³-hybridized carbons (Fsp3) is 1.00. The molecule has 68 valence electrons. The Morgan fingerprint density at radius 3 is 2.00 bits per heavy atom. The molecule has 0 aromatic carbocycles. The Morgan fingerprint density at radius 1 is 1.00 bits per heavy atom. The summed E-state index contributed by atoms with van der Waals surface area (Å²) in [6, 6.07) is 0. The molecule has 0 aromatic rings. The van der Waals surface area contributed by atoms with Gasteiger partial charge in [-0.05, 0) is 41.9 Å². The van der Waals surface area contributed by atoms with Gasteiger partial charge in [0, 0.05) is 5.54 Å². The van der Waals surface area contributed by atoms with Crippen molar-refractivity contribution in [1.82, 2.24) is 0 Å². The van der Waals surface area contributed by atoms with Gasteiger partial charge >= 0.3 is 0 Å². The summed E-state index contributed by atoms with van der Waals surface area (Å²) in [4.78, 5) is 0. The van der Waals surface area contributed by atoms with Crippen LogP contribution in [0.4, 0.5) is 0 Å². The van der Waals surface area contributed by atoms with Crippen LogP contribution in [-0.4, -0.2) is 5.54 Å². The summed E-state index contributed by atoms with van der Waals surface area (Å²) in [6.07, 6.45) is 5.33. The minimum atomic E-state index is 0.241. The van der Waals surface area contributed by atoms with Crippen LogP contribution in [0.1, 0.15) is 46.5 Å². The van der Waals surface area contributed by atoms with Gasteiger partial charge in [0.15, 0.2) is 0 Å². The van der Waals surface area contributed by atoms with Crippen LogP contribution in [0.15, 0.2) is 0 Å². The molecule has 0 aliphatic heterocycles. The van der Waals surface area contributed by atoms with Crippen molar-refractivity contribution in [3.05, 3.63) is 0 Å². The van der Waals surface area contributed by atoms with Crippen LogP contribution in [0, 0.1) is 16.2 Å². The van der Waals surface area contributed by atoms with Crippen molar-refractivity contribution in [2.45, 2.75) is 52.0 Å². The van der Waals surface area contributed by atoms with Crippen LogP contribution in [0.3, 0.4) is 0 Å². The predicted octanol–water partition coefficient (Wildman–Crippen LogP) is 2.30. The van der Waals surface area contributed by atoms with Crippen molar-refractivity contribution in [2.75, 3.05) is 0 Å². The summed E-state index contributed by atoms with van der Waals surface area (Å²) in [6.45, 7) is 7.27. The maximum atomic E-state index is 6.44. The molecule has 0 saturated heterocycles. The van der Waals surface area contributed by atoms with Crippen molar-refractivity contribution < 1.29 is 0 Å². The molecule has 1 heteroatoms. The summed E-state index contributed by atoms with van der Waals surface area (Å²) < 4.78 is 0. The van der Waals surface area contributed by atoms with Gasteiger partial charge in [0.05, 0.1) is 0 Å². The number of hydrogen-bond acceptors (Lipinski definition) is 1. The first-order chi connectivity index (χ1) is 5.37. The molecule has 1 spiro atoms. The lowest BCUT2D eigenvalue weighted by Gasteiger charge is -2.59. The second-order valence-corrected chi connectivity index (χ2v) is 6.36. The Morgan fingerprint density at radius 2 is 1.67 bits per heavy atom. The molecule has 0 bridgehead atoms. The van der Waals surface area contributed by atoms with Crippen molar-refractivity contribution in [1.29, 1.82) is 0 Å². The molecule has 0 aromatic heterocycles. The minimum Gasteiger partial charge on any atom is -0.325 e. The zero-order valence-corrected chi connectivity index (χ0v) is 8.41. The van der Waals surface area contributed by atoms with Gasteiger partial charge in [-0.15, -0.1) is 0 Å². The van der Waals surface area contributed by atoms with Gasteiger partial charge in [0.1, 0.15) is 0 Å². The Hall–Kier alpha value is -0.0400. The SMILES string of the molecule is CC1(C)CC2(N)CC[C@]3(C)CC123. The molecule has 0 radical (unpaired) electrons. The highest BCUT2D eigenvalue weighted by molar-refractivity contribution is 5.38. The molecule has 2 unspecified atom stereocenters. The summed E-state index contributed by atoms with van der Waals surface area (Å²) in [5.74, 6) is 0. The van der Waals surface area contributed by atoms with Gasteiger partial charge in [-0.3, -0.25) is 0 Å². The van der Waals surface area contributed by atoms with E-state index in [0.29, 0.717) is 16.2 Å². The number of hydrogen-bond donors (Lipinski definition) is 1. The third kappa shape index (κ3) is 0.414. The van der Waals surface area contributed by atoms with Gasteiger partial charge < -0.3 is 5.73 Å². The van der Waals surface area contributed by atoms with E-state index in [1.165, 1.54) is 25.7 Å². The average Bonchev–Trinajstić information content (AvgIpc) is 2.52. The van der Waals surface area contributed by atoms with Gasteiger partial charge in [0.25, 0.3) is 0 Å². The van der Waals surface area contributed by atoms with E-state index in [4.69, 9.17) is 5.73 Å². The fourth-order valence-corrected chi connectivity index (χ4v) is 5.13. The fourth-order valence-electron chi connectivity index (χ4n) is 5.13. The van der Waals surface area contributed by atoms with E-state index in [1.807, 2.05) is 0 Å². The van der Waals surface area contributed by atoms with Crippen molar-refractivity contribution >= 4 is 0 Å². The number of nitrogens with two attached hydrogens (primary N) is 1. The molecule has 3 fully saturated rings. The van der Waals surface area contributed by atoms with E-state index in [2.05, 4.69) is 20.8 Å². The highest BCUT2D eigenvalue weighted by Crippen LogP contribution is 2.89. The maximum absolute atomic E-state index is 6.44. The second-order valence-electron chi connectivity index (χ2n) is 6.36. The van der Waals surface area contributed by atoms with Crippen LogP contribution in [0.5, 0.6) is 0 Å². The van der Waals surface area contributed by atoms with Crippen LogP contribution in [-0.2, 0) is 0 Å². The van der Waals surface area contributed by atoms with Gasteiger partial charge in [0.2, 0.25) is 0 Å². The largest absolute Gasteiger partial charge is 0.325 e. The molecule has 0 heterocycles. The van der Waals surface area contributed by atoms with Crippen LogP contribution >= 0.6 is 0 Å². The lowest BCUT2D eigenvalue weighted by Crippen LogP contribution is -2.65. The molecule has 12 heavy (non-hydrogen) atoms. The first-order valence-corrected chi connectivity index (χ1v) is 5.16. The van der Waals surface area contributed by atoms with E-state index in [-0.39, 0.29) is 5.54 Å². The Balaban J connectivity index is 2.10. The van der Waals surface area contributed by atoms with E-state index in [0.717, 1.165) is 0 Å². The molecule has 2 N–H and O–H groups in total. The van der Waals surface area contributed by atoms with Crippen LogP contribution in [0.2, 0.25) is 0 Å². The van der Waals surface area contributed by atoms with E-state index >= 15 is 0 Å². The molecule has 3 aliphatic rings. The molecule has 3 saturated carbocycles. The summed E-state index contributed by atoms with van der Waals surface area (Å²) in [5, 5.41) is 0. The number of rotatable bonds is 0. The standard InChI is InChI=1S/C11H19N/c1-8(2)6-10(12)5-4-9(3)7-11(8,9)10/h4-7,12H2,1-3H3/t9-,10?,11?/m1/s1. The second kappa shape index (κ2) is 1.39. The van der Waals surface area contributed by atoms with Crippen LogP contribution < -0.4 is 5.73 Å². The zero-order chi connectivity index (χ0) is 8.83. The molecule has 3 atom stereocenters. The smallest absolute Gasteiger partial charge is 0.0227 e. The third-order valence-electron chi connectivity index (χ3n) is 5.45. The van der Waals surface area contributed by atoms with E-state index in [9.17, 15) is 0 Å². The summed E-state index contributed by atoms with van der Waals surface area (Å²) >= 11 is 0. The van der Waals surface area contributed by atoms with Crippen molar-refractivity contribution in [2.24, 2.45) is 22.0 Å². The summed E-state index contributed by atoms with van der Waals surface area (Å²) in [5.41, 5.74) is 8.40. The normalized spacial score (nSPS) is 65.0. The lowest BCUT2D eigenvalue weighted by molar-refractivity contribution is -0.0620. The topological polar surface area (TPSA) is 26.0 Å². The molecular formula is C11H19N. The van der Waals surface area contributed by atoms with E-state index in [1.54, 1.807) is 0 Å². The van der Waals surface area contributed by atoms with E-state index < -0.39 is 0 Å². The molecule has 3 rings (SSSR count). The quantitative estimate of drug-likeness (QED) is 0.585. The Kier molecular flexibility index (Phi) is 0.854. The molecular weight excluding hydrogens is 146 g/mol. The molecule has 3 aliphatic carbocycles. The first-order valence-electron chi connectivity index (χ1n) is 5.16. The van der Waals surface area contributed by atoms with Crippen molar-refractivity contribution in [3.8, 4) is 0 Å². The Labute approximate surface area is 74.7 Å². The maximum Gasteiger partial charge on any atom is 0.0227 e. The Bertz CT molecular complexity index is 263. The monoisotopic (exact) mass is 165 g/mol. The van der Waals surface area contributed by atoms with Gasteiger partial charge in [-0.25, -0.2) is 0 Å². The third-order valence-corrected chi connectivity index (χ3v) is 5.45. The average molecular weight is 165 g/mol. The first kappa shape index (κ1) is 7.37. The zero-order valence-electron chi connectivity index (χ0n) is 8.41. The summed E-state index contributed by atoms with van der Waals surface area (Å²) in [7, 11) is 0. The molecule has 0 amide bonds.